The predicted molar refractivity (Wildman–Crippen MR) is 98.6 cm³/mol. The van der Waals surface area contributed by atoms with Crippen molar-refractivity contribution >= 4 is 0 Å². The normalized spacial score (nSPS) is 34.9. The number of piperidine rings is 3. The molecule has 3 atom stereocenters. The maximum absolute atomic E-state index is 5.35. The average molecular weight is 326 g/mol. The van der Waals surface area contributed by atoms with Gasteiger partial charge in [0, 0.05) is 31.1 Å². The van der Waals surface area contributed by atoms with Crippen molar-refractivity contribution in [1.29, 1.82) is 0 Å². The molecule has 4 aliphatic rings. The summed E-state index contributed by atoms with van der Waals surface area (Å²) in [6, 6.07) is 10.3. The minimum atomic E-state index is 0.634. The summed E-state index contributed by atoms with van der Waals surface area (Å²) >= 11 is 0. The zero-order chi connectivity index (χ0) is 16.7. The third kappa shape index (κ3) is 2.78. The van der Waals surface area contributed by atoms with E-state index in [0.717, 1.165) is 24.3 Å². The first-order valence-corrected chi connectivity index (χ1v) is 9.43. The lowest BCUT2D eigenvalue weighted by atomic mass is 9.75. The Morgan fingerprint density at radius 3 is 2.46 bits per heavy atom. The molecule has 0 aliphatic carbocycles. The molecule has 0 N–H and O–H groups in total. The average Bonchev–Trinajstić information content (AvgIpc) is 3.03. The first-order valence-electron chi connectivity index (χ1n) is 9.43. The van der Waals surface area contributed by atoms with Crippen LogP contribution < -0.4 is 4.74 Å². The number of allylic oxidation sites excluding steroid dienone is 1. The molecule has 4 aliphatic heterocycles. The Kier molecular flexibility index (Phi) is 4.40. The van der Waals surface area contributed by atoms with E-state index in [-0.39, 0.29) is 0 Å². The molecule has 1 aromatic rings. The van der Waals surface area contributed by atoms with Crippen molar-refractivity contribution in [2.24, 2.45) is 5.92 Å². The number of ether oxygens (including phenoxy) is 1. The predicted octanol–water partition coefficient (Wildman–Crippen LogP) is 3.52. The van der Waals surface area contributed by atoms with Crippen LogP contribution in [0.5, 0.6) is 5.75 Å². The molecule has 4 fully saturated rings. The first-order chi connectivity index (χ1) is 11.7. The van der Waals surface area contributed by atoms with Gasteiger partial charge in [0.2, 0.25) is 0 Å². The van der Waals surface area contributed by atoms with E-state index < -0.39 is 0 Å². The van der Waals surface area contributed by atoms with Crippen LogP contribution in [0.4, 0.5) is 0 Å². The van der Waals surface area contributed by atoms with Crippen LogP contribution in [0.15, 0.2) is 35.9 Å². The molecule has 0 spiro atoms. The highest BCUT2D eigenvalue weighted by Gasteiger charge is 2.52. The lowest BCUT2D eigenvalue weighted by molar-refractivity contribution is -0.00355. The molecule has 4 saturated heterocycles. The van der Waals surface area contributed by atoms with Crippen molar-refractivity contribution in [2.45, 2.75) is 44.7 Å². The number of fused-ring (bicyclic) bond motifs is 2. The highest BCUT2D eigenvalue weighted by Crippen LogP contribution is 2.46. The van der Waals surface area contributed by atoms with E-state index in [9.17, 15) is 0 Å². The fourth-order valence-corrected chi connectivity index (χ4v) is 5.19. The quantitative estimate of drug-likeness (QED) is 0.787. The topological polar surface area (TPSA) is 15.7 Å². The first kappa shape index (κ1) is 16.2. The van der Waals surface area contributed by atoms with Gasteiger partial charge in [-0.25, -0.2) is 0 Å². The Bertz CT molecular complexity index is 597. The molecule has 2 bridgehead atoms. The summed E-state index contributed by atoms with van der Waals surface area (Å²) in [5, 5.41) is 0. The summed E-state index contributed by atoms with van der Waals surface area (Å²) in [7, 11) is 1.74. The van der Waals surface area contributed by atoms with Crippen LogP contribution >= 0.6 is 0 Å². The highest BCUT2D eigenvalue weighted by atomic mass is 16.5. The largest absolute Gasteiger partial charge is 0.497 e. The number of nitrogens with zero attached hydrogens (tertiary/aromatic N) is 2. The molecule has 24 heavy (non-hydrogen) atoms. The van der Waals surface area contributed by atoms with Gasteiger partial charge in [0.05, 0.1) is 7.11 Å². The molecule has 0 aromatic heterocycles. The molecule has 0 amide bonds. The Labute approximate surface area is 146 Å². The molecular weight excluding hydrogens is 296 g/mol. The van der Waals surface area contributed by atoms with E-state index in [0.29, 0.717) is 12.0 Å². The molecular formula is C21H30N2O. The lowest BCUT2D eigenvalue weighted by Crippen LogP contribution is -2.60. The summed E-state index contributed by atoms with van der Waals surface area (Å²) in [5.74, 6) is 2.49. The van der Waals surface area contributed by atoms with E-state index in [4.69, 9.17) is 4.74 Å². The van der Waals surface area contributed by atoms with Crippen LogP contribution in [0.1, 0.15) is 38.2 Å². The Morgan fingerprint density at radius 1 is 1.12 bits per heavy atom. The van der Waals surface area contributed by atoms with Crippen LogP contribution in [0.25, 0.3) is 0 Å². The number of rotatable bonds is 4. The Hall–Kier alpha value is -1.32. The molecule has 1 aromatic carbocycles. The lowest BCUT2D eigenvalue weighted by Gasteiger charge is -2.51. The van der Waals surface area contributed by atoms with Crippen molar-refractivity contribution in [3.63, 3.8) is 0 Å². The van der Waals surface area contributed by atoms with Gasteiger partial charge in [0.1, 0.15) is 5.75 Å². The summed E-state index contributed by atoms with van der Waals surface area (Å²) < 4.78 is 5.35. The molecule has 5 rings (SSSR count). The number of likely N-dealkylation sites (tertiary alicyclic amines) is 1. The van der Waals surface area contributed by atoms with Crippen LogP contribution in [0, 0.1) is 5.92 Å². The molecule has 4 heterocycles. The fourth-order valence-electron chi connectivity index (χ4n) is 5.19. The van der Waals surface area contributed by atoms with Gasteiger partial charge in [-0.3, -0.25) is 9.80 Å². The third-order valence-electron chi connectivity index (χ3n) is 6.37. The van der Waals surface area contributed by atoms with E-state index in [1.165, 1.54) is 43.6 Å². The molecule has 0 saturated carbocycles. The Balaban J connectivity index is 1.63. The van der Waals surface area contributed by atoms with Gasteiger partial charge in [-0.2, -0.15) is 0 Å². The van der Waals surface area contributed by atoms with Gasteiger partial charge in [-0.1, -0.05) is 23.8 Å². The van der Waals surface area contributed by atoms with Gasteiger partial charge < -0.3 is 4.74 Å². The van der Waals surface area contributed by atoms with Crippen LogP contribution in [-0.2, 0) is 0 Å². The van der Waals surface area contributed by atoms with Gasteiger partial charge in [0.25, 0.3) is 0 Å². The van der Waals surface area contributed by atoms with E-state index in [1.807, 2.05) is 0 Å². The second-order valence-corrected chi connectivity index (χ2v) is 7.97. The van der Waals surface area contributed by atoms with E-state index in [1.54, 1.807) is 7.11 Å². The second kappa shape index (κ2) is 6.53. The molecule has 0 unspecified atom stereocenters. The molecule has 130 valence electrons. The van der Waals surface area contributed by atoms with Gasteiger partial charge in [-0.15, -0.1) is 0 Å². The summed E-state index contributed by atoms with van der Waals surface area (Å²) in [4.78, 5) is 5.55. The zero-order valence-corrected chi connectivity index (χ0v) is 15.2. The minimum Gasteiger partial charge on any atom is -0.497 e. The van der Waals surface area contributed by atoms with Gasteiger partial charge in [0.15, 0.2) is 0 Å². The van der Waals surface area contributed by atoms with Crippen LogP contribution in [0.3, 0.4) is 0 Å². The van der Waals surface area contributed by atoms with Crippen molar-refractivity contribution in [2.75, 3.05) is 33.3 Å². The maximum atomic E-state index is 5.35. The maximum Gasteiger partial charge on any atom is 0.118 e. The molecule has 3 heteroatoms. The number of hydrogen-bond donors (Lipinski definition) is 0. The van der Waals surface area contributed by atoms with Gasteiger partial charge >= 0.3 is 0 Å². The van der Waals surface area contributed by atoms with Crippen molar-refractivity contribution < 1.29 is 4.74 Å². The highest BCUT2D eigenvalue weighted by molar-refractivity contribution is 5.33. The summed E-state index contributed by atoms with van der Waals surface area (Å²) in [5.41, 5.74) is 2.92. The van der Waals surface area contributed by atoms with Crippen molar-refractivity contribution in [1.82, 2.24) is 9.80 Å². The standard InChI is InChI=1S/C21H30N2O/c1-15(2)8-11-23-14-19(16-4-6-18(24-3)7-5-16)21-20(23)17-9-12-22(21)13-10-17/h4-8,17,19-21H,9-14H2,1-3H3/t19-,20+,21+/m0/s1. The van der Waals surface area contributed by atoms with Gasteiger partial charge in [-0.05, 0) is 63.4 Å². The SMILES string of the molecule is COc1ccc([C@@H]2CN(CC=C(C)C)[C@@H]3C4CCN(CC4)[C@@H]32)cc1. The smallest absolute Gasteiger partial charge is 0.118 e. The molecule has 3 nitrogen and oxygen atoms in total. The number of benzene rings is 1. The van der Waals surface area contributed by atoms with E-state index in [2.05, 4.69) is 54.0 Å². The van der Waals surface area contributed by atoms with E-state index >= 15 is 0 Å². The fraction of sp³-hybridized carbons (Fsp3) is 0.619. The summed E-state index contributed by atoms with van der Waals surface area (Å²) in [6.07, 6.45) is 5.19. The van der Waals surface area contributed by atoms with Crippen LogP contribution in [0.2, 0.25) is 0 Å². The number of methoxy groups -OCH3 is 1. The number of hydrogen-bond acceptors (Lipinski definition) is 3. The van der Waals surface area contributed by atoms with Crippen LogP contribution in [-0.4, -0.2) is 55.2 Å². The zero-order valence-electron chi connectivity index (χ0n) is 15.2. The Morgan fingerprint density at radius 2 is 1.83 bits per heavy atom. The van der Waals surface area contributed by atoms with Crippen molar-refractivity contribution in [3.05, 3.63) is 41.5 Å². The van der Waals surface area contributed by atoms with Crippen molar-refractivity contribution in [3.8, 4) is 5.75 Å². The monoisotopic (exact) mass is 326 g/mol. The second-order valence-electron chi connectivity index (χ2n) is 7.97. The minimum absolute atomic E-state index is 0.634. The molecule has 0 radical (unpaired) electrons. The third-order valence-corrected chi connectivity index (χ3v) is 6.37. The summed E-state index contributed by atoms with van der Waals surface area (Å²) in [6.45, 7) is 9.33.